The average molecular weight is 476 g/mol. The molecule has 1 aliphatic heterocycles. The Morgan fingerprint density at radius 3 is 2.88 bits per heavy atom. The smallest absolute Gasteiger partial charge is 0.228 e. The summed E-state index contributed by atoms with van der Waals surface area (Å²) in [6.45, 7) is 0.651. The zero-order chi connectivity index (χ0) is 23.2. The first kappa shape index (κ1) is 20.5. The molecule has 0 unspecified atom stereocenters. The van der Waals surface area contributed by atoms with E-state index < -0.39 is 5.82 Å². The highest BCUT2D eigenvalue weighted by atomic mass is 35.5. The van der Waals surface area contributed by atoms with Crippen LogP contribution in [0.15, 0.2) is 54.9 Å². The number of nitrogens with zero attached hydrogens (tertiary/aromatic N) is 7. The van der Waals surface area contributed by atoms with Gasteiger partial charge in [-0.1, -0.05) is 17.7 Å². The Hall–Kier alpha value is -4.05. The topological polar surface area (TPSA) is 97.9 Å². The van der Waals surface area contributed by atoms with E-state index in [2.05, 4.69) is 35.9 Å². The van der Waals surface area contributed by atoms with E-state index in [4.69, 9.17) is 11.6 Å². The number of pyridine rings is 1. The van der Waals surface area contributed by atoms with Gasteiger partial charge in [0.1, 0.15) is 23.3 Å². The third kappa shape index (κ3) is 3.61. The molecule has 11 heteroatoms. The van der Waals surface area contributed by atoms with Crippen molar-refractivity contribution in [3.05, 3.63) is 77.1 Å². The molecule has 0 amide bonds. The largest absolute Gasteiger partial charge is 0.370 e. The number of halogens is 2. The molecule has 1 aliphatic rings. The Bertz CT molecular complexity index is 1530. The fraction of sp³-hybridized carbons (Fsp3) is 0.174. The number of rotatable bonds is 5. The van der Waals surface area contributed by atoms with Crippen LogP contribution in [-0.4, -0.2) is 40.9 Å². The SMILES string of the molecule is Cn1nccc1Nc1nccc(-c2cc3n4c(nnc4c2)[C@@H](Cc2ccc(Cl)c(F)c2)CN3)n1. The summed E-state index contributed by atoms with van der Waals surface area (Å²) in [5.74, 6) is 2.61. The third-order valence-corrected chi connectivity index (χ3v) is 6.21. The Morgan fingerprint density at radius 1 is 1.15 bits per heavy atom. The van der Waals surface area contributed by atoms with E-state index in [1.54, 1.807) is 23.1 Å². The lowest BCUT2D eigenvalue weighted by molar-refractivity contribution is 0.612. The molecule has 1 atom stereocenters. The molecule has 4 aromatic heterocycles. The van der Waals surface area contributed by atoms with Gasteiger partial charge in [-0.15, -0.1) is 10.2 Å². The Balaban J connectivity index is 1.31. The van der Waals surface area contributed by atoms with E-state index in [9.17, 15) is 4.39 Å². The molecule has 0 radical (unpaired) electrons. The number of aromatic nitrogens is 7. The Labute approximate surface area is 198 Å². The van der Waals surface area contributed by atoms with Gasteiger partial charge in [0.15, 0.2) is 5.65 Å². The van der Waals surface area contributed by atoms with Crippen molar-refractivity contribution in [2.24, 2.45) is 7.05 Å². The molecule has 0 saturated carbocycles. The fourth-order valence-corrected chi connectivity index (χ4v) is 4.33. The first-order chi connectivity index (χ1) is 16.5. The zero-order valence-corrected chi connectivity index (χ0v) is 18.8. The average Bonchev–Trinajstić information content (AvgIpc) is 3.45. The quantitative estimate of drug-likeness (QED) is 0.393. The van der Waals surface area contributed by atoms with Crippen molar-refractivity contribution in [3.63, 3.8) is 0 Å². The van der Waals surface area contributed by atoms with E-state index in [1.165, 1.54) is 6.07 Å². The van der Waals surface area contributed by atoms with Gasteiger partial charge in [-0.3, -0.25) is 9.08 Å². The van der Waals surface area contributed by atoms with Gasteiger partial charge >= 0.3 is 0 Å². The van der Waals surface area contributed by atoms with Crippen LogP contribution in [0, 0.1) is 5.82 Å². The van der Waals surface area contributed by atoms with Crippen molar-refractivity contribution in [2.45, 2.75) is 12.3 Å². The van der Waals surface area contributed by atoms with Gasteiger partial charge in [0.2, 0.25) is 5.95 Å². The van der Waals surface area contributed by atoms with Crippen molar-refractivity contribution in [1.29, 1.82) is 0 Å². The fourth-order valence-electron chi connectivity index (χ4n) is 4.21. The normalized spacial score (nSPS) is 14.9. The second kappa shape index (κ2) is 8.07. The monoisotopic (exact) mass is 475 g/mol. The minimum Gasteiger partial charge on any atom is -0.370 e. The van der Waals surface area contributed by atoms with E-state index in [0.29, 0.717) is 24.6 Å². The lowest BCUT2D eigenvalue weighted by Crippen LogP contribution is -2.24. The maximum absolute atomic E-state index is 13.9. The van der Waals surface area contributed by atoms with Crippen LogP contribution in [0.5, 0.6) is 0 Å². The Kier molecular flexibility index (Phi) is 4.88. The molecule has 0 fully saturated rings. The van der Waals surface area contributed by atoms with E-state index in [0.717, 1.165) is 34.3 Å². The van der Waals surface area contributed by atoms with Crippen LogP contribution >= 0.6 is 11.6 Å². The zero-order valence-electron chi connectivity index (χ0n) is 18.1. The summed E-state index contributed by atoms with van der Waals surface area (Å²) in [6.07, 6.45) is 4.04. The highest BCUT2D eigenvalue weighted by Gasteiger charge is 2.26. The summed E-state index contributed by atoms with van der Waals surface area (Å²) in [5, 5.41) is 19.8. The lowest BCUT2D eigenvalue weighted by atomic mass is 9.97. The van der Waals surface area contributed by atoms with Crippen LogP contribution in [0.25, 0.3) is 16.9 Å². The highest BCUT2D eigenvalue weighted by Crippen LogP contribution is 2.32. The van der Waals surface area contributed by atoms with Crippen molar-refractivity contribution in [2.75, 3.05) is 17.2 Å². The van der Waals surface area contributed by atoms with Gasteiger partial charge in [-0.05, 0) is 42.3 Å². The molecule has 0 aliphatic carbocycles. The minimum absolute atomic E-state index is 0.0441. The third-order valence-electron chi connectivity index (χ3n) is 5.90. The van der Waals surface area contributed by atoms with Gasteiger partial charge in [-0.25, -0.2) is 14.4 Å². The summed E-state index contributed by atoms with van der Waals surface area (Å²) < 4.78 is 17.6. The van der Waals surface area contributed by atoms with Gasteiger partial charge in [0, 0.05) is 37.3 Å². The Morgan fingerprint density at radius 2 is 2.06 bits per heavy atom. The number of benzene rings is 1. The predicted octanol–water partition coefficient (Wildman–Crippen LogP) is 4.21. The van der Waals surface area contributed by atoms with Crippen LogP contribution in [0.1, 0.15) is 17.3 Å². The standard InChI is InChI=1S/C23H19ClFN9/c1-33-19(5-7-28-33)30-23-26-6-4-18(29-23)14-10-20-27-12-15(22-32-31-21(11-14)34(20)22)8-13-2-3-16(24)17(25)9-13/h2-7,9-11,15,27H,8,12H2,1H3,(H,26,29,30)/t15-/m0/s1. The van der Waals surface area contributed by atoms with Crippen LogP contribution < -0.4 is 10.6 Å². The summed E-state index contributed by atoms with van der Waals surface area (Å²) in [7, 11) is 1.84. The number of nitrogens with one attached hydrogen (secondary N) is 2. The number of hydrogen-bond donors (Lipinski definition) is 2. The summed E-state index contributed by atoms with van der Waals surface area (Å²) in [6, 6.07) is 12.6. The minimum atomic E-state index is -0.415. The van der Waals surface area contributed by atoms with Crippen molar-refractivity contribution in [1.82, 2.24) is 34.3 Å². The lowest BCUT2D eigenvalue weighted by Gasteiger charge is -2.24. The number of hydrogen-bond acceptors (Lipinski definition) is 7. The van der Waals surface area contributed by atoms with E-state index >= 15 is 0 Å². The van der Waals surface area contributed by atoms with E-state index in [-0.39, 0.29) is 10.9 Å². The molecule has 9 nitrogen and oxygen atoms in total. The van der Waals surface area contributed by atoms with Crippen molar-refractivity contribution < 1.29 is 4.39 Å². The molecule has 2 N–H and O–H groups in total. The molecular weight excluding hydrogens is 457 g/mol. The molecule has 5 heterocycles. The molecule has 0 saturated heterocycles. The van der Waals surface area contributed by atoms with Crippen LogP contribution in [0.4, 0.5) is 22.0 Å². The molecule has 5 aromatic rings. The molecule has 1 aromatic carbocycles. The predicted molar refractivity (Wildman–Crippen MR) is 127 cm³/mol. The summed E-state index contributed by atoms with van der Waals surface area (Å²) in [5.41, 5.74) is 3.22. The van der Waals surface area contributed by atoms with Gasteiger partial charge in [0.05, 0.1) is 16.9 Å². The van der Waals surface area contributed by atoms with Gasteiger partial charge in [0.25, 0.3) is 0 Å². The molecule has 34 heavy (non-hydrogen) atoms. The molecule has 0 bridgehead atoms. The number of anilines is 3. The maximum atomic E-state index is 13.9. The maximum Gasteiger partial charge on any atom is 0.228 e. The second-order valence-corrected chi connectivity index (χ2v) is 8.55. The second-order valence-electron chi connectivity index (χ2n) is 8.14. The van der Waals surface area contributed by atoms with Crippen LogP contribution in [0.2, 0.25) is 5.02 Å². The molecule has 170 valence electrons. The van der Waals surface area contributed by atoms with Crippen molar-refractivity contribution >= 4 is 34.8 Å². The number of aryl methyl sites for hydroxylation is 1. The first-order valence-corrected chi connectivity index (χ1v) is 11.1. The molecular formula is C23H19ClFN9. The van der Waals surface area contributed by atoms with Crippen molar-refractivity contribution in [3.8, 4) is 11.3 Å². The summed E-state index contributed by atoms with van der Waals surface area (Å²) >= 11 is 5.82. The molecule has 6 rings (SSSR count). The van der Waals surface area contributed by atoms with Gasteiger partial charge < -0.3 is 10.6 Å². The first-order valence-electron chi connectivity index (χ1n) is 10.7. The summed E-state index contributed by atoms with van der Waals surface area (Å²) in [4.78, 5) is 8.97. The van der Waals surface area contributed by atoms with Crippen LogP contribution in [-0.2, 0) is 13.5 Å². The van der Waals surface area contributed by atoms with Crippen LogP contribution in [0.3, 0.4) is 0 Å². The molecule has 0 spiro atoms. The highest BCUT2D eigenvalue weighted by molar-refractivity contribution is 6.30. The van der Waals surface area contributed by atoms with Gasteiger partial charge in [-0.2, -0.15) is 5.10 Å². The van der Waals surface area contributed by atoms with E-state index in [1.807, 2.05) is 41.8 Å².